The first-order chi connectivity index (χ1) is 14.9. The summed E-state index contributed by atoms with van der Waals surface area (Å²) in [4.78, 5) is 14.7. The predicted octanol–water partition coefficient (Wildman–Crippen LogP) is 3.69. The largest absolute Gasteiger partial charge is 0.369 e. The van der Waals surface area contributed by atoms with Gasteiger partial charge in [0.05, 0.1) is 6.26 Å². The van der Waals surface area contributed by atoms with Crippen molar-refractivity contribution in [2.24, 2.45) is 0 Å². The number of benzene rings is 3. The maximum absolute atomic E-state index is 12.6. The first kappa shape index (κ1) is 21.1. The fraction of sp³-hybridized carbons (Fsp3) is 0.208. The van der Waals surface area contributed by atoms with Crippen molar-refractivity contribution in [1.82, 2.24) is 4.31 Å². The number of anilines is 2. The molecule has 6 nitrogen and oxygen atoms in total. The highest BCUT2D eigenvalue weighted by molar-refractivity contribution is 7.88. The van der Waals surface area contributed by atoms with Crippen molar-refractivity contribution in [3.05, 3.63) is 84.4 Å². The zero-order valence-corrected chi connectivity index (χ0v) is 18.2. The summed E-state index contributed by atoms with van der Waals surface area (Å²) < 4.78 is 24.8. The third-order valence-corrected chi connectivity index (χ3v) is 6.76. The van der Waals surface area contributed by atoms with Crippen LogP contribution >= 0.6 is 0 Å². The Balaban J connectivity index is 1.36. The van der Waals surface area contributed by atoms with Crippen LogP contribution in [0, 0.1) is 0 Å². The van der Waals surface area contributed by atoms with Gasteiger partial charge >= 0.3 is 0 Å². The van der Waals surface area contributed by atoms with E-state index in [2.05, 4.69) is 10.2 Å². The molecule has 1 heterocycles. The Morgan fingerprint density at radius 2 is 1.35 bits per heavy atom. The number of hydrogen-bond acceptors (Lipinski definition) is 4. The van der Waals surface area contributed by atoms with Gasteiger partial charge in [0.25, 0.3) is 5.91 Å². The lowest BCUT2D eigenvalue weighted by Gasteiger charge is -2.34. The van der Waals surface area contributed by atoms with Crippen molar-refractivity contribution < 1.29 is 13.2 Å². The predicted molar refractivity (Wildman–Crippen MR) is 125 cm³/mol. The maximum Gasteiger partial charge on any atom is 0.255 e. The van der Waals surface area contributed by atoms with Gasteiger partial charge in [-0.15, -0.1) is 0 Å². The molecule has 1 amide bonds. The van der Waals surface area contributed by atoms with Crippen LogP contribution in [0.15, 0.2) is 78.9 Å². The van der Waals surface area contributed by atoms with Gasteiger partial charge in [0.2, 0.25) is 10.0 Å². The van der Waals surface area contributed by atoms with Crippen LogP contribution < -0.4 is 10.2 Å². The van der Waals surface area contributed by atoms with Gasteiger partial charge in [0, 0.05) is 43.1 Å². The molecule has 0 spiro atoms. The summed E-state index contributed by atoms with van der Waals surface area (Å²) in [5, 5.41) is 2.93. The Hall–Kier alpha value is -3.16. The molecule has 0 atom stereocenters. The molecule has 0 bridgehead atoms. The molecule has 3 aromatic carbocycles. The van der Waals surface area contributed by atoms with E-state index in [0.717, 1.165) is 22.5 Å². The zero-order valence-electron chi connectivity index (χ0n) is 17.4. The summed E-state index contributed by atoms with van der Waals surface area (Å²) in [7, 11) is -3.14. The van der Waals surface area contributed by atoms with E-state index in [4.69, 9.17) is 0 Å². The number of nitrogens with one attached hydrogen (secondary N) is 1. The molecule has 1 saturated heterocycles. The maximum atomic E-state index is 12.6. The van der Waals surface area contributed by atoms with E-state index in [1.807, 2.05) is 78.9 Å². The molecule has 0 aliphatic carbocycles. The average molecular weight is 436 g/mol. The molecule has 0 aromatic heterocycles. The van der Waals surface area contributed by atoms with Crippen molar-refractivity contribution in [2.75, 3.05) is 42.7 Å². The Morgan fingerprint density at radius 3 is 1.94 bits per heavy atom. The van der Waals surface area contributed by atoms with Gasteiger partial charge in [-0.1, -0.05) is 42.5 Å². The topological polar surface area (TPSA) is 69.7 Å². The van der Waals surface area contributed by atoms with Gasteiger partial charge < -0.3 is 10.2 Å². The number of amides is 1. The highest BCUT2D eigenvalue weighted by atomic mass is 32.2. The molecule has 1 N–H and O–H groups in total. The molecule has 0 saturated carbocycles. The normalized spacial score (nSPS) is 14.9. The summed E-state index contributed by atoms with van der Waals surface area (Å²) in [6.45, 7) is 2.26. The molecule has 7 heteroatoms. The SMILES string of the molecule is CS(=O)(=O)N1CCN(c2ccc(NC(=O)c3ccc(-c4ccccc4)cc3)cc2)CC1. The lowest BCUT2D eigenvalue weighted by Crippen LogP contribution is -2.48. The van der Waals surface area contributed by atoms with Crippen LogP contribution in [-0.4, -0.2) is 51.1 Å². The molecule has 1 fully saturated rings. The molecule has 4 rings (SSSR count). The number of nitrogens with zero attached hydrogens (tertiary/aromatic N) is 2. The number of rotatable bonds is 5. The fourth-order valence-electron chi connectivity index (χ4n) is 3.68. The smallest absolute Gasteiger partial charge is 0.255 e. The van der Waals surface area contributed by atoms with Crippen LogP contribution in [0.5, 0.6) is 0 Å². The summed E-state index contributed by atoms with van der Waals surface area (Å²) >= 11 is 0. The van der Waals surface area contributed by atoms with E-state index in [1.165, 1.54) is 10.6 Å². The number of carbonyl (C=O) groups excluding carboxylic acids is 1. The van der Waals surface area contributed by atoms with Crippen LogP contribution in [0.25, 0.3) is 11.1 Å². The third-order valence-electron chi connectivity index (χ3n) is 5.45. The van der Waals surface area contributed by atoms with E-state index in [1.54, 1.807) is 0 Å². The summed E-state index contributed by atoms with van der Waals surface area (Å²) in [6.07, 6.45) is 1.25. The van der Waals surface area contributed by atoms with E-state index in [-0.39, 0.29) is 5.91 Å². The first-order valence-electron chi connectivity index (χ1n) is 10.2. The number of sulfonamides is 1. The highest BCUT2D eigenvalue weighted by Crippen LogP contribution is 2.22. The summed E-state index contributed by atoms with van der Waals surface area (Å²) in [5.74, 6) is -0.158. The minimum atomic E-state index is -3.14. The molecule has 0 unspecified atom stereocenters. The minimum Gasteiger partial charge on any atom is -0.369 e. The first-order valence-corrected chi connectivity index (χ1v) is 12.0. The van der Waals surface area contributed by atoms with Crippen molar-refractivity contribution >= 4 is 27.3 Å². The Kier molecular flexibility index (Phi) is 6.06. The Labute approximate surface area is 183 Å². The third kappa shape index (κ3) is 5.13. The number of piperazine rings is 1. The molecule has 1 aliphatic heterocycles. The quantitative estimate of drug-likeness (QED) is 0.664. The molecular weight excluding hydrogens is 410 g/mol. The van der Waals surface area contributed by atoms with Gasteiger partial charge in [-0.3, -0.25) is 4.79 Å². The Bertz CT molecular complexity index is 1140. The lowest BCUT2D eigenvalue weighted by atomic mass is 10.0. The molecule has 160 valence electrons. The standard InChI is InChI=1S/C24H25N3O3S/c1-31(29,30)27-17-15-26(16-18-27)23-13-11-22(12-14-23)25-24(28)21-9-7-20(8-10-21)19-5-3-2-4-6-19/h2-14H,15-18H2,1H3,(H,25,28). The monoisotopic (exact) mass is 435 g/mol. The van der Waals surface area contributed by atoms with Crippen molar-refractivity contribution in [3.63, 3.8) is 0 Å². The van der Waals surface area contributed by atoms with E-state index in [9.17, 15) is 13.2 Å². The highest BCUT2D eigenvalue weighted by Gasteiger charge is 2.23. The van der Waals surface area contributed by atoms with E-state index < -0.39 is 10.0 Å². The van der Waals surface area contributed by atoms with Gasteiger partial charge in [-0.25, -0.2) is 8.42 Å². The summed E-state index contributed by atoms with van der Waals surface area (Å²) in [5.41, 5.74) is 4.51. The van der Waals surface area contributed by atoms with E-state index in [0.29, 0.717) is 31.7 Å². The van der Waals surface area contributed by atoms with Crippen molar-refractivity contribution in [2.45, 2.75) is 0 Å². The minimum absolute atomic E-state index is 0.158. The fourth-order valence-corrected chi connectivity index (χ4v) is 4.51. The van der Waals surface area contributed by atoms with Crippen molar-refractivity contribution in [3.8, 4) is 11.1 Å². The van der Waals surface area contributed by atoms with Gasteiger partial charge in [0.15, 0.2) is 0 Å². The molecule has 31 heavy (non-hydrogen) atoms. The number of carbonyl (C=O) groups is 1. The van der Waals surface area contributed by atoms with Crippen LogP contribution in [0.1, 0.15) is 10.4 Å². The van der Waals surface area contributed by atoms with Crippen LogP contribution in [0.2, 0.25) is 0 Å². The zero-order chi connectivity index (χ0) is 21.8. The molecule has 0 radical (unpaired) electrons. The van der Waals surface area contributed by atoms with Crippen LogP contribution in [0.4, 0.5) is 11.4 Å². The van der Waals surface area contributed by atoms with Gasteiger partial charge in [-0.05, 0) is 47.5 Å². The summed E-state index contributed by atoms with van der Waals surface area (Å²) in [6, 6.07) is 25.2. The molecular formula is C24H25N3O3S. The average Bonchev–Trinajstić information content (AvgIpc) is 2.80. The lowest BCUT2D eigenvalue weighted by molar-refractivity contribution is 0.102. The second-order valence-corrected chi connectivity index (χ2v) is 9.58. The van der Waals surface area contributed by atoms with Gasteiger partial charge in [-0.2, -0.15) is 4.31 Å². The van der Waals surface area contributed by atoms with Crippen LogP contribution in [0.3, 0.4) is 0 Å². The van der Waals surface area contributed by atoms with Crippen LogP contribution in [-0.2, 0) is 10.0 Å². The van der Waals surface area contributed by atoms with Gasteiger partial charge in [0.1, 0.15) is 0 Å². The molecule has 3 aromatic rings. The van der Waals surface area contributed by atoms with E-state index >= 15 is 0 Å². The van der Waals surface area contributed by atoms with Crippen molar-refractivity contribution in [1.29, 1.82) is 0 Å². The molecule has 1 aliphatic rings. The second-order valence-electron chi connectivity index (χ2n) is 7.59. The Morgan fingerprint density at radius 1 is 0.774 bits per heavy atom. The second kappa shape index (κ2) is 8.91. The number of hydrogen-bond donors (Lipinski definition) is 1.